The van der Waals surface area contributed by atoms with Gasteiger partial charge >= 0.3 is 0 Å². The molecular weight excluding hydrogens is 717 g/mol. The minimum Gasteiger partial charge on any atom is -0.502 e. The number of imide groups is 1. The van der Waals surface area contributed by atoms with Crippen LogP contribution in [0.2, 0.25) is 0 Å². The highest BCUT2D eigenvalue weighted by atomic mass is 127. The molecule has 0 unspecified atom stereocenters. The lowest BCUT2D eigenvalue weighted by molar-refractivity contribution is -0.123. The van der Waals surface area contributed by atoms with Gasteiger partial charge in [-0.15, -0.1) is 0 Å². The minimum absolute atomic E-state index is 0.133. The topological polar surface area (TPSA) is 110 Å². The Hall–Kier alpha value is -3.51. The molecule has 6 rings (SSSR count). The van der Waals surface area contributed by atoms with Crippen molar-refractivity contribution in [2.75, 3.05) is 19.1 Å². The molecule has 2 aromatic carbocycles. The van der Waals surface area contributed by atoms with Crippen LogP contribution in [-0.2, 0) is 19.2 Å². The molecule has 4 atom stereocenters. The fourth-order valence-electron chi connectivity index (χ4n) is 6.55. The molecule has 4 aliphatic rings. The van der Waals surface area contributed by atoms with Crippen molar-refractivity contribution in [2.24, 2.45) is 23.7 Å². The van der Waals surface area contributed by atoms with Gasteiger partial charge in [0.25, 0.3) is 0 Å². The lowest BCUT2D eigenvalue weighted by atomic mass is 9.61. The van der Waals surface area contributed by atoms with E-state index in [0.29, 0.717) is 28.8 Å². The molecule has 3 aliphatic carbocycles. The van der Waals surface area contributed by atoms with E-state index in [1.54, 1.807) is 30.3 Å². The smallest absolute Gasteiger partial charge is 0.238 e. The van der Waals surface area contributed by atoms with Crippen LogP contribution in [0.25, 0.3) is 6.08 Å². The zero-order chi connectivity index (χ0) is 29.9. The van der Waals surface area contributed by atoms with Crippen LogP contribution in [0.5, 0.6) is 17.2 Å². The summed E-state index contributed by atoms with van der Waals surface area (Å²) in [7, 11) is 2.87. The number of rotatable bonds is 5. The molecule has 0 radical (unpaired) electrons. The highest BCUT2D eigenvalue weighted by Crippen LogP contribution is 2.53. The fraction of sp³-hybridized carbons (Fsp3) is 0.250. The maximum atomic E-state index is 13.9. The average Bonchev–Trinajstić information content (AvgIpc) is 3.24. The number of allylic oxidation sites excluding steroid dienone is 7. The Morgan fingerprint density at radius 1 is 1.00 bits per heavy atom. The number of Topliss-reactive ketones (excluding diaryl/α,β-unsaturated/α-hetero) is 1. The number of ketones is 2. The number of benzene rings is 2. The number of amides is 2. The largest absolute Gasteiger partial charge is 0.502 e. The number of fused-ring (bicyclic) bond motifs is 3. The molecular formula is C32H25BrINO7. The number of hydrogen-bond donors (Lipinski definition) is 1. The Bertz CT molecular complexity index is 1660. The van der Waals surface area contributed by atoms with Crippen molar-refractivity contribution in [1.29, 1.82) is 0 Å². The van der Waals surface area contributed by atoms with E-state index in [1.165, 1.54) is 25.2 Å². The van der Waals surface area contributed by atoms with Crippen molar-refractivity contribution in [3.63, 3.8) is 0 Å². The van der Waals surface area contributed by atoms with E-state index in [2.05, 4.69) is 38.5 Å². The minimum atomic E-state index is -0.650. The van der Waals surface area contributed by atoms with Gasteiger partial charge in [0.1, 0.15) is 0 Å². The third-order valence-electron chi connectivity index (χ3n) is 8.45. The molecule has 2 amide bonds. The molecule has 1 saturated heterocycles. The first-order chi connectivity index (χ1) is 20.1. The molecule has 42 heavy (non-hydrogen) atoms. The number of halogens is 2. The number of ether oxygens (including phenoxy) is 2. The quantitative estimate of drug-likeness (QED) is 0.186. The van der Waals surface area contributed by atoms with Crippen molar-refractivity contribution in [3.8, 4) is 17.2 Å². The van der Waals surface area contributed by atoms with Crippen molar-refractivity contribution >= 4 is 73.7 Å². The summed E-state index contributed by atoms with van der Waals surface area (Å²) in [4.78, 5) is 55.5. The van der Waals surface area contributed by atoms with Gasteiger partial charge in [-0.05, 0) is 99.2 Å². The maximum Gasteiger partial charge on any atom is 0.238 e. The standard InChI is InChI=1S/C32H25BrINO7/c1-41-25-11-15(12-26(42-2)30(25)38)3-8-19-18-9-10-20-28(21(18)13-22-27(19)24(36)14-23(33)29(22)37)32(40)35(31(20)39)17-6-4-16(34)5-7-17/h3-9,11-12,14,19-21,28,38H,10,13H2,1-2H3/t19-,20-,21+,28-/m0/s1. The normalized spacial score (nSPS) is 25.3. The number of anilines is 1. The molecule has 8 nitrogen and oxygen atoms in total. The number of phenols is 1. The molecule has 214 valence electrons. The monoisotopic (exact) mass is 741 g/mol. The average molecular weight is 742 g/mol. The van der Waals surface area contributed by atoms with E-state index >= 15 is 0 Å². The van der Waals surface area contributed by atoms with E-state index in [1.807, 2.05) is 24.3 Å². The molecule has 1 heterocycles. The van der Waals surface area contributed by atoms with E-state index < -0.39 is 23.7 Å². The van der Waals surface area contributed by atoms with Gasteiger partial charge in [0.05, 0.1) is 36.2 Å². The van der Waals surface area contributed by atoms with E-state index in [-0.39, 0.29) is 51.5 Å². The summed E-state index contributed by atoms with van der Waals surface area (Å²) in [6.45, 7) is 0. The number of carbonyl (C=O) groups excluding carboxylic acids is 4. The van der Waals surface area contributed by atoms with Crippen molar-refractivity contribution in [3.05, 3.63) is 85.0 Å². The summed E-state index contributed by atoms with van der Waals surface area (Å²) in [6.07, 6.45) is 7.42. The fourth-order valence-corrected chi connectivity index (χ4v) is 7.35. The van der Waals surface area contributed by atoms with Crippen LogP contribution >= 0.6 is 38.5 Å². The van der Waals surface area contributed by atoms with Gasteiger partial charge in [0.15, 0.2) is 23.1 Å². The third kappa shape index (κ3) is 4.55. The molecule has 0 aromatic heterocycles. The first-order valence-corrected chi connectivity index (χ1v) is 15.2. The Morgan fingerprint density at radius 2 is 1.67 bits per heavy atom. The third-order valence-corrected chi connectivity index (χ3v) is 9.76. The van der Waals surface area contributed by atoms with Gasteiger partial charge in [0.2, 0.25) is 17.6 Å². The molecule has 0 saturated carbocycles. The Morgan fingerprint density at radius 3 is 2.31 bits per heavy atom. The summed E-state index contributed by atoms with van der Waals surface area (Å²) < 4.78 is 11.7. The number of aromatic hydroxyl groups is 1. The molecule has 1 aliphatic heterocycles. The second-order valence-electron chi connectivity index (χ2n) is 10.6. The number of hydrogen-bond acceptors (Lipinski definition) is 7. The van der Waals surface area contributed by atoms with Crippen molar-refractivity contribution in [1.82, 2.24) is 0 Å². The highest BCUT2D eigenvalue weighted by molar-refractivity contribution is 14.1. The molecule has 0 spiro atoms. The molecule has 10 heteroatoms. The summed E-state index contributed by atoms with van der Waals surface area (Å²) in [6, 6.07) is 10.5. The molecule has 2 aromatic rings. The van der Waals surface area contributed by atoms with Crippen molar-refractivity contribution in [2.45, 2.75) is 12.8 Å². The second-order valence-corrected chi connectivity index (χ2v) is 12.7. The summed E-state index contributed by atoms with van der Waals surface area (Å²) in [5.41, 5.74) is 2.76. The Labute approximate surface area is 264 Å². The molecule has 1 N–H and O–H groups in total. The number of phenolic OH excluding ortho intramolecular Hbond substituents is 1. The van der Waals surface area contributed by atoms with Crippen LogP contribution in [-0.4, -0.2) is 42.7 Å². The highest BCUT2D eigenvalue weighted by Gasteiger charge is 2.56. The van der Waals surface area contributed by atoms with Gasteiger partial charge in [-0.3, -0.25) is 24.1 Å². The second kappa shape index (κ2) is 11.0. The zero-order valence-corrected chi connectivity index (χ0v) is 26.3. The van der Waals surface area contributed by atoms with Gasteiger partial charge in [-0.2, -0.15) is 0 Å². The predicted octanol–water partition coefficient (Wildman–Crippen LogP) is 5.53. The Balaban J connectivity index is 1.43. The van der Waals surface area contributed by atoms with Gasteiger partial charge in [-0.25, -0.2) is 0 Å². The summed E-state index contributed by atoms with van der Waals surface area (Å²) in [5, 5.41) is 10.3. The summed E-state index contributed by atoms with van der Waals surface area (Å²) >= 11 is 5.42. The first-order valence-electron chi connectivity index (χ1n) is 13.3. The maximum absolute atomic E-state index is 13.9. The van der Waals surface area contributed by atoms with E-state index in [0.717, 1.165) is 9.14 Å². The van der Waals surface area contributed by atoms with Crippen LogP contribution in [0.3, 0.4) is 0 Å². The zero-order valence-electron chi connectivity index (χ0n) is 22.6. The predicted molar refractivity (Wildman–Crippen MR) is 167 cm³/mol. The Kier molecular flexibility index (Phi) is 7.46. The van der Waals surface area contributed by atoms with E-state index in [9.17, 15) is 24.3 Å². The van der Waals surface area contributed by atoms with E-state index in [4.69, 9.17) is 9.47 Å². The molecule has 0 bridgehead atoms. The number of methoxy groups -OCH3 is 2. The first kappa shape index (κ1) is 28.6. The van der Waals surface area contributed by atoms with Crippen LogP contribution < -0.4 is 14.4 Å². The van der Waals surface area contributed by atoms with Crippen LogP contribution in [0.4, 0.5) is 5.69 Å². The van der Waals surface area contributed by atoms with Crippen LogP contribution in [0.15, 0.2) is 75.8 Å². The lowest BCUT2D eigenvalue weighted by Crippen LogP contribution is -2.40. The van der Waals surface area contributed by atoms with Gasteiger partial charge in [-0.1, -0.05) is 23.8 Å². The van der Waals surface area contributed by atoms with Crippen LogP contribution in [0, 0.1) is 27.2 Å². The van der Waals surface area contributed by atoms with Crippen LogP contribution in [0.1, 0.15) is 18.4 Å². The SMILES string of the molecule is COc1cc(C=C[C@H]2C3=CC[C@@H]4C(=O)N(c5ccc(I)cc5)C(=O)[C@@H]4[C@@H]3CC3=C2C(=O)C=C(Br)C3=O)cc(OC)c1O. The summed E-state index contributed by atoms with van der Waals surface area (Å²) in [5.74, 6) is -3.00. The molecule has 1 fully saturated rings. The van der Waals surface area contributed by atoms with Gasteiger partial charge in [0, 0.05) is 26.7 Å². The lowest BCUT2D eigenvalue weighted by Gasteiger charge is -2.41. The number of carbonyl (C=O) groups is 4. The van der Waals surface area contributed by atoms with Gasteiger partial charge < -0.3 is 14.6 Å². The number of nitrogens with zero attached hydrogens (tertiary/aromatic N) is 1. The van der Waals surface area contributed by atoms with Crippen molar-refractivity contribution < 1.29 is 33.8 Å².